The van der Waals surface area contributed by atoms with E-state index in [0.29, 0.717) is 16.3 Å². The van der Waals surface area contributed by atoms with Crippen LogP contribution >= 0.6 is 11.3 Å². The second kappa shape index (κ2) is 7.59. The molecule has 1 aliphatic rings. The molecule has 1 aromatic carbocycles. The Morgan fingerprint density at radius 3 is 2.71 bits per heavy atom. The van der Waals surface area contributed by atoms with Gasteiger partial charge in [0.25, 0.3) is 11.8 Å². The summed E-state index contributed by atoms with van der Waals surface area (Å²) in [7, 11) is 1.60. The fraction of sp³-hybridized carbons (Fsp3) is 0.286. The first-order valence-corrected chi connectivity index (χ1v) is 10.1. The van der Waals surface area contributed by atoms with Gasteiger partial charge in [-0.3, -0.25) is 9.59 Å². The summed E-state index contributed by atoms with van der Waals surface area (Å²) < 4.78 is 5.38. The number of fused-ring (bicyclic) bond motifs is 1. The second-order valence-corrected chi connectivity index (χ2v) is 7.94. The van der Waals surface area contributed by atoms with E-state index in [0.717, 1.165) is 42.4 Å². The average molecular weight is 395 g/mol. The molecule has 0 unspecified atom stereocenters. The summed E-state index contributed by atoms with van der Waals surface area (Å²) in [5.41, 5.74) is 3.77. The van der Waals surface area contributed by atoms with Crippen molar-refractivity contribution >= 4 is 28.2 Å². The molecule has 0 bridgehead atoms. The first-order valence-electron chi connectivity index (χ1n) is 9.29. The summed E-state index contributed by atoms with van der Waals surface area (Å²) in [6.45, 7) is 1.98. The Bertz CT molecular complexity index is 1050. The van der Waals surface area contributed by atoms with Crippen molar-refractivity contribution in [3.63, 3.8) is 0 Å². The van der Waals surface area contributed by atoms with Gasteiger partial charge in [-0.05, 0) is 43.7 Å². The fourth-order valence-corrected chi connectivity index (χ4v) is 4.83. The Morgan fingerprint density at radius 2 is 1.93 bits per heavy atom. The van der Waals surface area contributed by atoms with E-state index in [4.69, 9.17) is 4.52 Å². The van der Waals surface area contributed by atoms with Crippen LogP contribution in [0.2, 0.25) is 0 Å². The third-order valence-electron chi connectivity index (χ3n) is 5.01. The number of thiophene rings is 1. The number of benzene rings is 1. The fourth-order valence-electron chi connectivity index (χ4n) is 3.54. The number of nitrogens with zero attached hydrogens (tertiary/aromatic N) is 1. The molecule has 2 amide bonds. The van der Waals surface area contributed by atoms with Crippen LogP contribution in [0.4, 0.5) is 5.00 Å². The summed E-state index contributed by atoms with van der Waals surface area (Å²) >= 11 is 1.48. The molecule has 7 heteroatoms. The van der Waals surface area contributed by atoms with Crippen LogP contribution in [0.1, 0.15) is 49.7 Å². The van der Waals surface area contributed by atoms with Crippen molar-refractivity contribution in [2.45, 2.75) is 32.6 Å². The van der Waals surface area contributed by atoms with Crippen LogP contribution in [0.15, 0.2) is 34.9 Å². The first kappa shape index (κ1) is 18.4. The highest BCUT2D eigenvalue weighted by Gasteiger charge is 2.26. The van der Waals surface area contributed by atoms with Gasteiger partial charge in [-0.25, -0.2) is 0 Å². The molecule has 0 saturated carbocycles. The van der Waals surface area contributed by atoms with Crippen LogP contribution in [-0.4, -0.2) is 24.0 Å². The third-order valence-corrected chi connectivity index (χ3v) is 6.21. The van der Waals surface area contributed by atoms with Crippen molar-refractivity contribution < 1.29 is 14.1 Å². The third kappa shape index (κ3) is 3.33. The van der Waals surface area contributed by atoms with Gasteiger partial charge in [-0.1, -0.05) is 29.4 Å². The summed E-state index contributed by atoms with van der Waals surface area (Å²) in [5, 5.41) is 10.1. The lowest BCUT2D eigenvalue weighted by molar-refractivity contribution is 0.0963. The number of amides is 2. The van der Waals surface area contributed by atoms with Crippen LogP contribution in [-0.2, 0) is 12.8 Å². The van der Waals surface area contributed by atoms with Gasteiger partial charge in [-0.15, -0.1) is 11.3 Å². The highest BCUT2D eigenvalue weighted by atomic mass is 32.1. The summed E-state index contributed by atoms with van der Waals surface area (Å²) in [4.78, 5) is 26.4. The molecule has 2 N–H and O–H groups in total. The molecule has 4 rings (SSSR count). The predicted molar refractivity (Wildman–Crippen MR) is 109 cm³/mol. The van der Waals surface area contributed by atoms with Crippen molar-refractivity contribution in [2.24, 2.45) is 0 Å². The molecule has 2 heterocycles. The number of nitrogens with one attached hydrogen (secondary N) is 2. The Kier molecular flexibility index (Phi) is 5.00. The van der Waals surface area contributed by atoms with Crippen LogP contribution in [0.5, 0.6) is 0 Å². The monoisotopic (exact) mass is 395 g/mol. The minimum absolute atomic E-state index is 0.171. The topological polar surface area (TPSA) is 84.2 Å². The standard InChI is InChI=1S/C21H21N3O3S/c1-12-7-3-4-8-13(12)16-11-15(24-27-16)19(25)23-21-18(20(26)22-2)14-9-5-6-10-17(14)28-21/h3-4,7-8,11H,5-6,9-10H2,1-2H3,(H,22,26)(H,23,25). The quantitative estimate of drug-likeness (QED) is 0.693. The number of rotatable bonds is 4. The largest absolute Gasteiger partial charge is 0.355 e. The van der Waals surface area contributed by atoms with E-state index in [9.17, 15) is 9.59 Å². The van der Waals surface area contributed by atoms with E-state index < -0.39 is 0 Å². The van der Waals surface area contributed by atoms with Gasteiger partial charge in [0.05, 0.1) is 5.56 Å². The Hall–Kier alpha value is -2.93. The summed E-state index contributed by atoms with van der Waals surface area (Å²) in [6, 6.07) is 9.39. The number of anilines is 1. The zero-order valence-corrected chi connectivity index (χ0v) is 16.6. The normalized spacial score (nSPS) is 13.1. The maximum absolute atomic E-state index is 12.8. The lowest BCUT2D eigenvalue weighted by Gasteiger charge is -2.12. The summed E-state index contributed by atoms with van der Waals surface area (Å²) in [5.74, 6) is -0.0111. The lowest BCUT2D eigenvalue weighted by Crippen LogP contribution is -2.22. The van der Waals surface area contributed by atoms with Gasteiger partial charge >= 0.3 is 0 Å². The van der Waals surface area contributed by atoms with Gasteiger partial charge in [0.1, 0.15) is 5.00 Å². The second-order valence-electron chi connectivity index (χ2n) is 6.84. The molecule has 3 aromatic rings. The molecule has 6 nitrogen and oxygen atoms in total. The Morgan fingerprint density at radius 1 is 1.14 bits per heavy atom. The number of aryl methyl sites for hydroxylation is 2. The minimum Gasteiger partial charge on any atom is -0.355 e. The van der Waals surface area contributed by atoms with Crippen LogP contribution in [0, 0.1) is 6.92 Å². The van der Waals surface area contributed by atoms with Crippen molar-refractivity contribution in [3.8, 4) is 11.3 Å². The number of hydrogen-bond donors (Lipinski definition) is 2. The smallest absolute Gasteiger partial charge is 0.278 e. The van der Waals surface area contributed by atoms with E-state index >= 15 is 0 Å². The van der Waals surface area contributed by atoms with Crippen LogP contribution in [0.3, 0.4) is 0 Å². The minimum atomic E-state index is -0.382. The molecule has 0 spiro atoms. The highest BCUT2D eigenvalue weighted by molar-refractivity contribution is 7.17. The van der Waals surface area contributed by atoms with Gasteiger partial charge in [-0.2, -0.15) is 0 Å². The Labute approximate surface area is 166 Å². The molecule has 1 aliphatic carbocycles. The van der Waals surface area contributed by atoms with E-state index in [-0.39, 0.29) is 17.5 Å². The van der Waals surface area contributed by atoms with Crippen molar-refractivity contribution in [1.29, 1.82) is 0 Å². The zero-order valence-electron chi connectivity index (χ0n) is 15.8. The SMILES string of the molecule is CNC(=O)c1c(NC(=O)c2cc(-c3ccccc3C)on2)sc2c1CCCC2. The highest BCUT2D eigenvalue weighted by Crippen LogP contribution is 2.38. The van der Waals surface area contributed by atoms with Gasteiger partial charge in [0.2, 0.25) is 0 Å². The lowest BCUT2D eigenvalue weighted by atomic mass is 9.95. The van der Waals surface area contributed by atoms with E-state index in [1.54, 1.807) is 13.1 Å². The Balaban J connectivity index is 1.62. The average Bonchev–Trinajstić information content (AvgIpc) is 3.32. The van der Waals surface area contributed by atoms with Crippen molar-refractivity contribution in [2.75, 3.05) is 12.4 Å². The maximum Gasteiger partial charge on any atom is 0.278 e. The molecule has 2 aromatic heterocycles. The number of hydrogen-bond acceptors (Lipinski definition) is 5. The molecule has 0 aliphatic heterocycles. The molecule has 0 atom stereocenters. The number of aromatic nitrogens is 1. The molecular formula is C21H21N3O3S. The first-order chi connectivity index (χ1) is 13.6. The van der Waals surface area contributed by atoms with E-state index in [2.05, 4.69) is 15.8 Å². The molecule has 144 valence electrons. The van der Waals surface area contributed by atoms with Crippen molar-refractivity contribution in [1.82, 2.24) is 10.5 Å². The molecule has 0 radical (unpaired) electrons. The van der Waals surface area contributed by atoms with Gasteiger partial charge < -0.3 is 15.2 Å². The van der Waals surface area contributed by atoms with E-state index in [1.165, 1.54) is 16.2 Å². The molecule has 0 fully saturated rings. The molecular weight excluding hydrogens is 374 g/mol. The number of carbonyl (C=O) groups is 2. The van der Waals surface area contributed by atoms with Crippen molar-refractivity contribution in [3.05, 3.63) is 57.6 Å². The van der Waals surface area contributed by atoms with Gasteiger partial charge in [0, 0.05) is 23.6 Å². The predicted octanol–water partition coefficient (Wildman–Crippen LogP) is 4.20. The van der Waals surface area contributed by atoms with Gasteiger partial charge in [0.15, 0.2) is 11.5 Å². The summed E-state index contributed by atoms with van der Waals surface area (Å²) in [6.07, 6.45) is 3.98. The zero-order chi connectivity index (χ0) is 19.7. The maximum atomic E-state index is 12.8. The molecule has 0 saturated heterocycles. The van der Waals surface area contributed by atoms with E-state index in [1.807, 2.05) is 31.2 Å². The number of carbonyl (C=O) groups excluding carboxylic acids is 2. The van der Waals surface area contributed by atoms with Crippen LogP contribution in [0.25, 0.3) is 11.3 Å². The van der Waals surface area contributed by atoms with Crippen LogP contribution < -0.4 is 10.6 Å². The molecule has 28 heavy (non-hydrogen) atoms.